The van der Waals surface area contributed by atoms with E-state index in [1.807, 2.05) is 6.08 Å². The molecule has 3 heteroatoms. The first-order valence-corrected chi connectivity index (χ1v) is 12.0. The predicted molar refractivity (Wildman–Crippen MR) is 111 cm³/mol. The second-order valence-electron chi connectivity index (χ2n) is 11.4. The molecule has 1 heterocycles. The first kappa shape index (κ1) is 18.4. The Morgan fingerprint density at radius 3 is 2.72 bits per heavy atom. The van der Waals surface area contributed by atoms with E-state index in [1.54, 1.807) is 5.57 Å². The normalized spacial score (nSPS) is 52.2. The Morgan fingerprint density at radius 2 is 2.00 bits per heavy atom. The molecule has 0 radical (unpaired) electrons. The van der Waals surface area contributed by atoms with Crippen molar-refractivity contribution >= 4 is 11.8 Å². The molecule has 3 nitrogen and oxygen atoms in total. The Labute approximate surface area is 174 Å². The number of hydrogen-bond acceptors (Lipinski definition) is 3. The van der Waals surface area contributed by atoms with Crippen molar-refractivity contribution in [2.45, 2.75) is 84.2 Å². The van der Waals surface area contributed by atoms with E-state index < -0.39 is 0 Å². The highest BCUT2D eigenvalue weighted by Gasteiger charge is 2.78. The van der Waals surface area contributed by atoms with Gasteiger partial charge in [-0.15, -0.1) is 0 Å². The van der Waals surface area contributed by atoms with Crippen molar-refractivity contribution in [1.29, 1.82) is 0 Å². The second-order valence-corrected chi connectivity index (χ2v) is 11.4. The summed E-state index contributed by atoms with van der Waals surface area (Å²) in [7, 11) is 0. The van der Waals surface area contributed by atoms with Crippen LogP contribution in [0.4, 0.5) is 0 Å². The Bertz CT molecular complexity index is 867. The topological polar surface area (TPSA) is 43.4 Å². The molecule has 5 aliphatic carbocycles. The van der Waals surface area contributed by atoms with E-state index in [1.165, 1.54) is 24.8 Å². The van der Waals surface area contributed by atoms with Crippen molar-refractivity contribution in [2.75, 3.05) is 0 Å². The molecule has 4 fully saturated rings. The van der Waals surface area contributed by atoms with Crippen LogP contribution in [0.1, 0.15) is 78.6 Å². The van der Waals surface area contributed by atoms with Crippen molar-refractivity contribution < 1.29 is 14.3 Å². The van der Waals surface area contributed by atoms with E-state index >= 15 is 0 Å². The maximum absolute atomic E-state index is 12.2. The SMILES string of the molecule is CCC[C@@H]1CC2=CC(=O)CC[C@]2(C)C2=CC[C@@]3(C)C(C21)[C@@H]1C[C@@H]1[C@@]31CCC(=O)O1. The smallest absolute Gasteiger partial charge is 0.306 e. The molecule has 3 saturated carbocycles. The van der Waals surface area contributed by atoms with Crippen molar-refractivity contribution in [1.82, 2.24) is 0 Å². The highest BCUT2D eigenvalue weighted by Crippen LogP contribution is 2.78. The summed E-state index contributed by atoms with van der Waals surface area (Å²) in [6.45, 7) is 7.17. The van der Waals surface area contributed by atoms with Crippen LogP contribution in [0.15, 0.2) is 23.3 Å². The van der Waals surface area contributed by atoms with E-state index in [0.717, 1.165) is 31.6 Å². The lowest BCUT2D eigenvalue weighted by Gasteiger charge is -2.58. The maximum atomic E-state index is 12.2. The van der Waals surface area contributed by atoms with Crippen LogP contribution in [0.25, 0.3) is 0 Å². The van der Waals surface area contributed by atoms with Crippen LogP contribution in [0.2, 0.25) is 0 Å². The minimum Gasteiger partial charge on any atom is -0.458 e. The average molecular weight is 395 g/mol. The fourth-order valence-electron chi connectivity index (χ4n) is 8.98. The standard InChI is InChI=1S/C26H34O3/c1-4-5-15-12-16-13-17(27)6-9-24(16,2)19-7-10-25(3)23(22(15)19)18-14-20(18)26(25)11-8-21(28)29-26/h7,13,15,18,20,22-23H,4-6,8-12,14H2,1-3H3/t15-,18-,20+,22?,23?,24+,25+,26+/m1/s1. The lowest BCUT2D eigenvalue weighted by molar-refractivity contribution is -0.166. The van der Waals surface area contributed by atoms with Gasteiger partial charge < -0.3 is 4.74 Å². The van der Waals surface area contributed by atoms with Crippen molar-refractivity contribution in [2.24, 2.45) is 40.4 Å². The lowest BCUT2D eigenvalue weighted by atomic mass is 9.46. The zero-order valence-corrected chi connectivity index (χ0v) is 18.1. The molecule has 2 unspecified atom stereocenters. The average Bonchev–Trinajstić information content (AvgIpc) is 3.32. The Balaban J connectivity index is 1.48. The number of carbonyl (C=O) groups excluding carboxylic acids is 2. The third-order valence-electron chi connectivity index (χ3n) is 10.3. The fraction of sp³-hybridized carbons (Fsp3) is 0.769. The zero-order valence-electron chi connectivity index (χ0n) is 18.1. The number of fused-ring (bicyclic) bond motifs is 9. The molecule has 0 bridgehead atoms. The van der Waals surface area contributed by atoms with Crippen LogP contribution in [-0.4, -0.2) is 17.4 Å². The minimum atomic E-state index is -0.197. The Hall–Kier alpha value is -1.38. The number of esters is 1. The molecular formula is C26H34O3. The van der Waals surface area contributed by atoms with Gasteiger partial charge in [0.25, 0.3) is 0 Å². The van der Waals surface area contributed by atoms with Gasteiger partial charge in [0.05, 0.1) is 0 Å². The van der Waals surface area contributed by atoms with Crippen molar-refractivity contribution in [3.63, 3.8) is 0 Å². The molecule has 0 amide bonds. The van der Waals surface area contributed by atoms with Crippen LogP contribution in [-0.2, 0) is 14.3 Å². The van der Waals surface area contributed by atoms with Gasteiger partial charge in [-0.3, -0.25) is 9.59 Å². The summed E-state index contributed by atoms with van der Waals surface area (Å²) in [5.74, 6) is 3.57. The van der Waals surface area contributed by atoms with Gasteiger partial charge in [-0.25, -0.2) is 0 Å². The van der Waals surface area contributed by atoms with Gasteiger partial charge in [-0.1, -0.05) is 44.4 Å². The molecule has 0 aromatic rings. The molecule has 0 aromatic carbocycles. The Morgan fingerprint density at radius 1 is 1.17 bits per heavy atom. The maximum Gasteiger partial charge on any atom is 0.306 e. The van der Waals surface area contributed by atoms with Gasteiger partial charge in [0.2, 0.25) is 0 Å². The van der Waals surface area contributed by atoms with Crippen LogP contribution in [0.5, 0.6) is 0 Å². The van der Waals surface area contributed by atoms with Gasteiger partial charge in [0.15, 0.2) is 5.78 Å². The van der Waals surface area contributed by atoms with Gasteiger partial charge in [-0.2, -0.15) is 0 Å². The van der Waals surface area contributed by atoms with Crippen LogP contribution in [0, 0.1) is 40.4 Å². The largest absolute Gasteiger partial charge is 0.458 e. The van der Waals surface area contributed by atoms with E-state index in [-0.39, 0.29) is 22.4 Å². The summed E-state index contributed by atoms with van der Waals surface area (Å²) in [6.07, 6.45) is 13.6. The van der Waals surface area contributed by atoms with E-state index in [2.05, 4.69) is 26.8 Å². The summed E-state index contributed by atoms with van der Waals surface area (Å²) in [5, 5.41) is 0. The summed E-state index contributed by atoms with van der Waals surface area (Å²) in [5.41, 5.74) is 3.03. The molecule has 0 N–H and O–H groups in total. The monoisotopic (exact) mass is 394 g/mol. The van der Waals surface area contributed by atoms with Crippen LogP contribution < -0.4 is 0 Å². The second kappa shape index (κ2) is 5.65. The van der Waals surface area contributed by atoms with E-state index in [9.17, 15) is 9.59 Å². The van der Waals surface area contributed by atoms with Crippen molar-refractivity contribution in [3.05, 3.63) is 23.3 Å². The van der Waals surface area contributed by atoms with Crippen molar-refractivity contribution in [3.8, 4) is 0 Å². The predicted octanol–water partition coefficient (Wildman–Crippen LogP) is 5.40. The van der Waals surface area contributed by atoms with Gasteiger partial charge in [0.1, 0.15) is 5.60 Å². The number of ketones is 1. The third kappa shape index (κ3) is 2.10. The van der Waals surface area contributed by atoms with E-state index in [0.29, 0.717) is 42.3 Å². The van der Waals surface area contributed by atoms with E-state index in [4.69, 9.17) is 4.74 Å². The number of allylic oxidation sites excluding steroid dienone is 4. The third-order valence-corrected chi connectivity index (χ3v) is 10.3. The Kier molecular flexibility index (Phi) is 3.58. The molecule has 1 aliphatic heterocycles. The molecule has 6 aliphatic rings. The lowest BCUT2D eigenvalue weighted by Crippen LogP contribution is -2.55. The molecule has 8 atom stereocenters. The molecule has 0 aromatic heterocycles. The summed E-state index contributed by atoms with van der Waals surface area (Å²) < 4.78 is 6.23. The quantitative estimate of drug-likeness (QED) is 0.465. The van der Waals surface area contributed by atoms with Crippen LogP contribution >= 0.6 is 0 Å². The van der Waals surface area contributed by atoms with Gasteiger partial charge in [-0.05, 0) is 68.3 Å². The number of hydrogen-bond donors (Lipinski definition) is 0. The first-order chi connectivity index (χ1) is 13.8. The minimum absolute atomic E-state index is 0.0315. The zero-order chi connectivity index (χ0) is 20.2. The van der Waals surface area contributed by atoms with Crippen LogP contribution in [0.3, 0.4) is 0 Å². The summed E-state index contributed by atoms with van der Waals surface area (Å²) in [6, 6.07) is 0. The molecular weight excluding hydrogens is 360 g/mol. The molecule has 156 valence electrons. The highest BCUT2D eigenvalue weighted by molar-refractivity contribution is 5.92. The first-order valence-electron chi connectivity index (χ1n) is 12.0. The molecule has 1 saturated heterocycles. The molecule has 29 heavy (non-hydrogen) atoms. The molecule has 6 rings (SSSR count). The number of rotatable bonds is 2. The highest BCUT2D eigenvalue weighted by atomic mass is 16.6. The number of carbonyl (C=O) groups is 2. The number of ether oxygens (including phenoxy) is 1. The molecule has 1 spiro atoms. The fourth-order valence-corrected chi connectivity index (χ4v) is 8.98. The summed E-state index contributed by atoms with van der Waals surface area (Å²) in [4.78, 5) is 24.5. The van der Waals surface area contributed by atoms with Gasteiger partial charge >= 0.3 is 5.97 Å². The van der Waals surface area contributed by atoms with Gasteiger partial charge in [0, 0.05) is 29.6 Å². The summed E-state index contributed by atoms with van der Waals surface area (Å²) >= 11 is 0.